The van der Waals surface area contributed by atoms with E-state index in [2.05, 4.69) is 31.7 Å². The van der Waals surface area contributed by atoms with Crippen LogP contribution in [0.3, 0.4) is 0 Å². The molecule has 0 unspecified atom stereocenters. The van der Waals surface area contributed by atoms with Crippen LogP contribution >= 0.6 is 0 Å². The maximum atomic E-state index is 12.0. The molecule has 32 heavy (non-hydrogen) atoms. The molecule has 0 atom stereocenters. The lowest BCUT2D eigenvalue weighted by molar-refractivity contribution is -0.140. The van der Waals surface area contributed by atoms with Crippen molar-refractivity contribution in [3.05, 3.63) is 71.3 Å². The Kier molecular flexibility index (Phi) is 9.11. The zero-order valence-electron chi connectivity index (χ0n) is 19.7. The quantitative estimate of drug-likeness (QED) is 0.242. The summed E-state index contributed by atoms with van der Waals surface area (Å²) in [7, 11) is 0. The Morgan fingerprint density at radius 3 is 2.41 bits per heavy atom. The number of hydrogen-bond donors (Lipinski definition) is 1. The number of hydrogen-bond acceptors (Lipinski definition) is 3. The molecule has 3 rings (SSSR count). The number of aliphatic hydroxyl groups excluding tert-OH is 1. The molecule has 0 bridgehead atoms. The third kappa shape index (κ3) is 6.56. The number of carbonyl (C=O) groups excluding carboxylic acids is 1. The topological polar surface area (TPSA) is 46.5 Å². The third-order valence-corrected chi connectivity index (χ3v) is 6.82. The van der Waals surface area contributed by atoms with Crippen LogP contribution in [0.1, 0.15) is 87.8 Å². The standard InChI is InChI=1S/C29H38O3/c1-4-5-6-7-22-8-12-24(13-9-22)26-16-17-28(25-14-10-23(19-30)11-15-25)27(18-26)20-32-29(31)21(2)3/h10-11,14-18,22,24,30H,2,4-9,12-13,19-20H2,1,3H3. The van der Waals surface area contributed by atoms with E-state index >= 15 is 0 Å². The zero-order valence-corrected chi connectivity index (χ0v) is 19.7. The lowest BCUT2D eigenvalue weighted by Crippen LogP contribution is -2.14. The minimum absolute atomic E-state index is 0.0312. The number of aliphatic hydroxyl groups is 1. The van der Waals surface area contributed by atoms with Gasteiger partial charge in [-0.15, -0.1) is 0 Å². The average molecular weight is 435 g/mol. The van der Waals surface area contributed by atoms with E-state index in [-0.39, 0.29) is 19.2 Å². The first-order chi connectivity index (χ1) is 15.5. The minimum atomic E-state index is -0.357. The fourth-order valence-corrected chi connectivity index (χ4v) is 4.79. The van der Waals surface area contributed by atoms with Crippen molar-refractivity contribution >= 4 is 5.97 Å². The molecule has 2 aromatic rings. The fourth-order valence-electron chi connectivity index (χ4n) is 4.79. The largest absolute Gasteiger partial charge is 0.457 e. The van der Waals surface area contributed by atoms with E-state index in [1.165, 1.54) is 56.9 Å². The van der Waals surface area contributed by atoms with Crippen molar-refractivity contribution in [1.82, 2.24) is 0 Å². The predicted octanol–water partition coefficient (Wildman–Crippen LogP) is 7.32. The van der Waals surface area contributed by atoms with Crippen LogP contribution in [0.25, 0.3) is 11.1 Å². The molecule has 0 amide bonds. The van der Waals surface area contributed by atoms with Crippen LogP contribution in [0.15, 0.2) is 54.6 Å². The summed E-state index contributed by atoms with van der Waals surface area (Å²) in [6, 6.07) is 14.6. The summed E-state index contributed by atoms with van der Waals surface area (Å²) in [5.41, 5.74) is 5.82. The molecule has 3 heteroatoms. The van der Waals surface area contributed by atoms with Gasteiger partial charge in [0, 0.05) is 5.57 Å². The summed E-state index contributed by atoms with van der Waals surface area (Å²) in [5, 5.41) is 9.34. The van der Waals surface area contributed by atoms with Crippen molar-refractivity contribution in [1.29, 1.82) is 0 Å². The Bertz CT molecular complexity index is 889. The Balaban J connectivity index is 1.77. The zero-order chi connectivity index (χ0) is 22.9. The highest BCUT2D eigenvalue weighted by Gasteiger charge is 2.23. The van der Waals surface area contributed by atoms with Crippen molar-refractivity contribution in [2.45, 2.75) is 84.3 Å². The summed E-state index contributed by atoms with van der Waals surface area (Å²) >= 11 is 0. The number of rotatable bonds is 10. The monoisotopic (exact) mass is 434 g/mol. The minimum Gasteiger partial charge on any atom is -0.457 e. The molecule has 1 fully saturated rings. The molecule has 0 aliphatic heterocycles. The molecule has 0 heterocycles. The van der Waals surface area contributed by atoms with Gasteiger partial charge in [-0.25, -0.2) is 4.79 Å². The van der Waals surface area contributed by atoms with E-state index in [0.717, 1.165) is 28.2 Å². The highest BCUT2D eigenvalue weighted by atomic mass is 16.5. The Hall–Kier alpha value is -2.39. The first-order valence-electron chi connectivity index (χ1n) is 12.2. The van der Waals surface area contributed by atoms with Crippen molar-refractivity contribution in [2.24, 2.45) is 5.92 Å². The second-order valence-corrected chi connectivity index (χ2v) is 9.34. The first kappa shape index (κ1) is 24.3. The van der Waals surface area contributed by atoms with Gasteiger partial charge in [-0.3, -0.25) is 0 Å². The highest BCUT2D eigenvalue weighted by Crippen LogP contribution is 2.39. The van der Waals surface area contributed by atoms with E-state index in [9.17, 15) is 9.90 Å². The summed E-state index contributed by atoms with van der Waals surface area (Å²) in [5.74, 6) is 1.11. The molecule has 1 aliphatic carbocycles. The van der Waals surface area contributed by atoms with Crippen LogP contribution in [0.4, 0.5) is 0 Å². The summed E-state index contributed by atoms with van der Waals surface area (Å²) < 4.78 is 5.53. The predicted molar refractivity (Wildman–Crippen MR) is 131 cm³/mol. The SMILES string of the molecule is C=C(C)C(=O)OCc1cc(C2CCC(CCCCC)CC2)ccc1-c1ccc(CO)cc1. The number of ether oxygens (including phenoxy) is 1. The Morgan fingerprint density at radius 1 is 1.06 bits per heavy atom. The van der Waals surface area contributed by atoms with Gasteiger partial charge in [0.25, 0.3) is 0 Å². The van der Waals surface area contributed by atoms with E-state index in [0.29, 0.717) is 11.5 Å². The molecule has 1 saturated carbocycles. The van der Waals surface area contributed by atoms with Crippen molar-refractivity contribution in [3.63, 3.8) is 0 Å². The molecule has 0 aromatic heterocycles. The van der Waals surface area contributed by atoms with Crippen LogP contribution in [0.5, 0.6) is 0 Å². The molecule has 0 saturated heterocycles. The first-order valence-corrected chi connectivity index (χ1v) is 12.2. The molecular weight excluding hydrogens is 396 g/mol. The summed E-state index contributed by atoms with van der Waals surface area (Å²) in [4.78, 5) is 12.0. The molecule has 1 N–H and O–H groups in total. The van der Waals surface area contributed by atoms with E-state index < -0.39 is 0 Å². The van der Waals surface area contributed by atoms with E-state index in [1.54, 1.807) is 6.92 Å². The number of unbranched alkanes of at least 4 members (excludes halogenated alkanes) is 2. The van der Waals surface area contributed by atoms with Crippen LogP contribution in [-0.4, -0.2) is 11.1 Å². The van der Waals surface area contributed by atoms with Crippen LogP contribution in [0, 0.1) is 5.92 Å². The average Bonchev–Trinajstić information content (AvgIpc) is 2.83. The van der Waals surface area contributed by atoms with Gasteiger partial charge in [-0.1, -0.05) is 81.7 Å². The molecule has 3 nitrogen and oxygen atoms in total. The molecular formula is C29H38O3. The van der Waals surface area contributed by atoms with Gasteiger partial charge in [0.1, 0.15) is 6.61 Å². The second kappa shape index (κ2) is 12.0. The molecule has 172 valence electrons. The van der Waals surface area contributed by atoms with Gasteiger partial charge in [-0.05, 0) is 72.3 Å². The van der Waals surface area contributed by atoms with Gasteiger partial charge in [0.05, 0.1) is 6.61 Å². The van der Waals surface area contributed by atoms with Gasteiger partial charge in [-0.2, -0.15) is 0 Å². The summed E-state index contributed by atoms with van der Waals surface area (Å²) in [6.45, 7) is 7.91. The number of carbonyl (C=O) groups is 1. The molecule has 2 aromatic carbocycles. The maximum absolute atomic E-state index is 12.0. The maximum Gasteiger partial charge on any atom is 0.333 e. The number of esters is 1. The lowest BCUT2D eigenvalue weighted by Gasteiger charge is -2.29. The van der Waals surface area contributed by atoms with E-state index in [1.807, 2.05) is 24.3 Å². The van der Waals surface area contributed by atoms with Gasteiger partial charge < -0.3 is 9.84 Å². The molecule has 0 radical (unpaired) electrons. The fraction of sp³-hybridized carbons (Fsp3) is 0.483. The van der Waals surface area contributed by atoms with Crippen LogP contribution in [-0.2, 0) is 22.7 Å². The van der Waals surface area contributed by atoms with Crippen LogP contribution < -0.4 is 0 Å². The van der Waals surface area contributed by atoms with Gasteiger partial charge >= 0.3 is 5.97 Å². The summed E-state index contributed by atoms with van der Waals surface area (Å²) in [6.07, 6.45) is 10.5. The van der Waals surface area contributed by atoms with Crippen molar-refractivity contribution < 1.29 is 14.6 Å². The highest BCUT2D eigenvalue weighted by molar-refractivity contribution is 5.87. The van der Waals surface area contributed by atoms with Gasteiger partial charge in [0.2, 0.25) is 0 Å². The smallest absolute Gasteiger partial charge is 0.333 e. The van der Waals surface area contributed by atoms with E-state index in [4.69, 9.17) is 4.74 Å². The lowest BCUT2D eigenvalue weighted by atomic mass is 9.76. The van der Waals surface area contributed by atoms with Crippen molar-refractivity contribution in [3.8, 4) is 11.1 Å². The normalized spacial score (nSPS) is 18.3. The second-order valence-electron chi connectivity index (χ2n) is 9.34. The Labute approximate surface area is 193 Å². The van der Waals surface area contributed by atoms with Gasteiger partial charge in [0.15, 0.2) is 0 Å². The Morgan fingerprint density at radius 2 is 1.78 bits per heavy atom. The van der Waals surface area contributed by atoms with Crippen molar-refractivity contribution in [2.75, 3.05) is 0 Å². The third-order valence-electron chi connectivity index (χ3n) is 6.82. The van der Waals surface area contributed by atoms with Crippen LogP contribution in [0.2, 0.25) is 0 Å². The molecule has 1 aliphatic rings. The number of benzene rings is 2. The molecule has 0 spiro atoms.